The van der Waals surface area contributed by atoms with Crippen molar-refractivity contribution in [3.05, 3.63) is 11.6 Å². The van der Waals surface area contributed by atoms with Crippen LogP contribution in [0.3, 0.4) is 0 Å². The molecular formula is C14H24N2O3S. The number of nitrogens with zero attached hydrogens (tertiary/aromatic N) is 1. The van der Waals surface area contributed by atoms with Crippen LogP contribution in [0.25, 0.3) is 0 Å². The zero-order valence-electron chi connectivity index (χ0n) is 12.5. The molecule has 1 N–H and O–H groups in total. The average molecular weight is 300 g/mol. The largest absolute Gasteiger partial charge is 0.373 e. The Kier molecular flexibility index (Phi) is 4.54. The fraction of sp³-hybridized carbons (Fsp3) is 0.786. The third kappa shape index (κ3) is 3.06. The van der Waals surface area contributed by atoms with Crippen molar-refractivity contribution >= 4 is 15.6 Å². The number of hydrogen-bond acceptors (Lipinski definition) is 4. The molecule has 1 saturated heterocycles. The molecule has 1 saturated carbocycles. The van der Waals surface area contributed by atoms with E-state index in [9.17, 15) is 9.00 Å². The molecular weight excluding hydrogens is 276 g/mol. The highest BCUT2D eigenvalue weighted by Crippen LogP contribution is 2.36. The monoisotopic (exact) mass is 300 g/mol. The molecule has 114 valence electrons. The number of allylic oxidation sites excluding steroid dienone is 1. The van der Waals surface area contributed by atoms with Crippen LogP contribution < -0.4 is 5.32 Å². The summed E-state index contributed by atoms with van der Waals surface area (Å²) in [5, 5.41) is 2.65. The van der Waals surface area contributed by atoms with Crippen LogP contribution in [0.1, 0.15) is 32.6 Å². The van der Waals surface area contributed by atoms with Crippen LogP contribution in [0, 0.1) is 0 Å². The highest BCUT2D eigenvalue weighted by molar-refractivity contribution is 7.93. The van der Waals surface area contributed by atoms with Crippen molar-refractivity contribution in [2.24, 2.45) is 4.36 Å². The normalized spacial score (nSPS) is 34.6. The van der Waals surface area contributed by atoms with Gasteiger partial charge in [0, 0.05) is 41.0 Å². The van der Waals surface area contributed by atoms with Gasteiger partial charge in [-0.05, 0) is 32.6 Å². The zero-order chi connectivity index (χ0) is 14.8. The van der Waals surface area contributed by atoms with Crippen molar-refractivity contribution in [1.29, 1.82) is 0 Å². The first-order valence-electron chi connectivity index (χ1n) is 7.14. The number of likely N-dealkylation sites (N-methyl/N-ethyl adjacent to an activating group) is 1. The minimum absolute atomic E-state index is 0.123. The highest BCUT2D eigenvalue weighted by atomic mass is 32.2. The molecule has 0 bridgehead atoms. The lowest BCUT2D eigenvalue weighted by molar-refractivity contribution is -0.120. The van der Waals surface area contributed by atoms with Crippen molar-refractivity contribution in [3.63, 3.8) is 0 Å². The predicted molar refractivity (Wildman–Crippen MR) is 80.1 cm³/mol. The molecule has 0 aromatic carbocycles. The highest BCUT2D eigenvalue weighted by Gasteiger charge is 2.42. The number of ether oxygens (including phenoxy) is 1. The number of carbonyl (C=O) groups excluding carboxylic acids is 1. The maximum Gasteiger partial charge on any atom is 0.249 e. The van der Waals surface area contributed by atoms with E-state index in [0.29, 0.717) is 36.0 Å². The molecule has 0 aromatic rings. The molecule has 0 spiro atoms. The fourth-order valence-corrected chi connectivity index (χ4v) is 5.22. The molecule has 1 aliphatic carbocycles. The van der Waals surface area contributed by atoms with Gasteiger partial charge < -0.3 is 10.1 Å². The lowest BCUT2D eigenvalue weighted by atomic mass is 9.86. The van der Waals surface area contributed by atoms with Crippen molar-refractivity contribution in [1.82, 2.24) is 5.32 Å². The van der Waals surface area contributed by atoms with E-state index < -0.39 is 15.3 Å². The second-order valence-corrected chi connectivity index (χ2v) is 8.07. The Morgan fingerprint density at radius 2 is 2.00 bits per heavy atom. The van der Waals surface area contributed by atoms with Gasteiger partial charge in [0.15, 0.2) is 0 Å². The first-order valence-corrected chi connectivity index (χ1v) is 8.99. The number of rotatable bonds is 4. The maximum atomic E-state index is 12.7. The third-order valence-corrected chi connectivity index (χ3v) is 6.55. The van der Waals surface area contributed by atoms with Crippen LogP contribution in [0.5, 0.6) is 0 Å². The predicted octanol–water partition coefficient (Wildman–Crippen LogP) is 1.49. The van der Waals surface area contributed by atoms with Crippen LogP contribution in [0.2, 0.25) is 0 Å². The van der Waals surface area contributed by atoms with E-state index >= 15 is 0 Å². The summed E-state index contributed by atoms with van der Waals surface area (Å²) in [6, 6.07) is 0.317. The molecule has 1 heterocycles. The summed E-state index contributed by atoms with van der Waals surface area (Å²) < 4.78 is 22.8. The summed E-state index contributed by atoms with van der Waals surface area (Å²) in [5.74, 6) is 0.916. The van der Waals surface area contributed by atoms with Gasteiger partial charge in [0.25, 0.3) is 0 Å². The van der Waals surface area contributed by atoms with E-state index in [4.69, 9.17) is 4.74 Å². The SMILES string of the molecule is C/C=C(\C(=O)NC)C1(OC)CCS(=O)(=NC2CC2)CC1. The molecule has 6 heteroatoms. The molecule has 0 aromatic heterocycles. The van der Waals surface area contributed by atoms with Crippen molar-refractivity contribution < 1.29 is 13.7 Å². The molecule has 0 radical (unpaired) electrons. The van der Waals surface area contributed by atoms with Gasteiger partial charge >= 0.3 is 0 Å². The molecule has 0 atom stereocenters. The molecule has 1 aliphatic heterocycles. The number of methoxy groups -OCH3 is 1. The first kappa shape index (κ1) is 15.5. The molecule has 5 nitrogen and oxygen atoms in total. The summed E-state index contributed by atoms with van der Waals surface area (Å²) in [7, 11) is 1.14. The molecule has 2 fully saturated rings. The number of nitrogens with one attached hydrogen (secondary N) is 1. The van der Waals surface area contributed by atoms with Crippen molar-refractivity contribution in [3.8, 4) is 0 Å². The third-order valence-electron chi connectivity index (χ3n) is 4.18. The minimum atomic E-state index is -2.10. The van der Waals surface area contributed by atoms with Gasteiger partial charge in [-0.15, -0.1) is 0 Å². The molecule has 2 aliphatic rings. The van der Waals surface area contributed by atoms with Gasteiger partial charge in [0.1, 0.15) is 0 Å². The summed E-state index contributed by atoms with van der Waals surface area (Å²) in [5.41, 5.74) is 0.0184. The Bertz CT molecular complexity index is 515. The van der Waals surface area contributed by atoms with Gasteiger partial charge in [0.2, 0.25) is 5.91 Å². The summed E-state index contributed by atoms with van der Waals surface area (Å²) >= 11 is 0. The van der Waals surface area contributed by atoms with E-state index in [2.05, 4.69) is 9.68 Å². The summed E-state index contributed by atoms with van der Waals surface area (Å²) in [4.78, 5) is 12.0. The quantitative estimate of drug-likeness (QED) is 0.800. The van der Waals surface area contributed by atoms with Crippen LogP contribution in [0.15, 0.2) is 16.0 Å². The van der Waals surface area contributed by atoms with Gasteiger partial charge in [-0.2, -0.15) is 0 Å². The maximum absolute atomic E-state index is 12.7. The number of hydrogen-bond donors (Lipinski definition) is 1. The second kappa shape index (κ2) is 5.85. The topological polar surface area (TPSA) is 67.8 Å². The van der Waals surface area contributed by atoms with E-state index in [-0.39, 0.29) is 5.91 Å². The Morgan fingerprint density at radius 3 is 2.40 bits per heavy atom. The Balaban J connectivity index is 2.19. The van der Waals surface area contributed by atoms with Gasteiger partial charge in [0.05, 0.1) is 11.6 Å². The fourth-order valence-electron chi connectivity index (χ4n) is 2.75. The van der Waals surface area contributed by atoms with Crippen molar-refractivity contribution in [2.75, 3.05) is 25.7 Å². The van der Waals surface area contributed by atoms with E-state index in [1.54, 1.807) is 20.2 Å². The van der Waals surface area contributed by atoms with Crippen LogP contribution in [-0.4, -0.2) is 47.4 Å². The minimum Gasteiger partial charge on any atom is -0.373 e. The second-order valence-electron chi connectivity index (χ2n) is 5.50. The van der Waals surface area contributed by atoms with Crippen LogP contribution in [-0.2, 0) is 19.3 Å². The molecule has 2 rings (SSSR count). The number of carbonyl (C=O) groups is 1. The Labute approximate surface area is 121 Å². The van der Waals surface area contributed by atoms with Crippen LogP contribution >= 0.6 is 0 Å². The van der Waals surface area contributed by atoms with E-state index in [1.165, 1.54) is 0 Å². The molecule has 0 unspecified atom stereocenters. The summed E-state index contributed by atoms with van der Waals surface area (Å²) in [6.45, 7) is 1.84. The Morgan fingerprint density at radius 1 is 1.40 bits per heavy atom. The number of amides is 1. The van der Waals surface area contributed by atoms with E-state index in [0.717, 1.165) is 12.8 Å². The van der Waals surface area contributed by atoms with Gasteiger partial charge in [-0.25, -0.2) is 8.57 Å². The lowest BCUT2D eigenvalue weighted by Crippen LogP contribution is -2.46. The smallest absolute Gasteiger partial charge is 0.249 e. The van der Waals surface area contributed by atoms with Gasteiger partial charge in [-0.1, -0.05) is 6.08 Å². The lowest BCUT2D eigenvalue weighted by Gasteiger charge is -2.38. The Hall–Kier alpha value is -0.880. The average Bonchev–Trinajstić information content (AvgIpc) is 3.25. The molecule has 20 heavy (non-hydrogen) atoms. The van der Waals surface area contributed by atoms with Gasteiger partial charge in [-0.3, -0.25) is 4.79 Å². The molecule has 1 amide bonds. The van der Waals surface area contributed by atoms with Crippen molar-refractivity contribution in [2.45, 2.75) is 44.2 Å². The van der Waals surface area contributed by atoms with Crippen LogP contribution in [0.4, 0.5) is 0 Å². The zero-order valence-corrected chi connectivity index (χ0v) is 13.3. The summed E-state index contributed by atoms with van der Waals surface area (Å²) in [6.07, 6.45) is 5.13. The standard InChI is InChI=1S/C14H24N2O3S/c1-4-12(13(17)15-2)14(19-3)7-9-20(18,10-8-14)16-11-5-6-11/h4,11H,5-10H2,1-3H3,(H,15,17)/b12-4+. The van der Waals surface area contributed by atoms with E-state index in [1.807, 2.05) is 6.92 Å². The first-order chi connectivity index (χ1) is 9.48.